The number of nitrogens with zero attached hydrogens (tertiary/aromatic N) is 1. The molecule has 1 fully saturated rings. The maximum Gasteiger partial charge on any atom is 0.294 e. The van der Waals surface area contributed by atoms with Crippen LogP contribution in [0.3, 0.4) is 0 Å². The monoisotopic (exact) mass is 306 g/mol. The van der Waals surface area contributed by atoms with E-state index < -0.39 is 0 Å². The topological polar surface area (TPSA) is 45.5 Å². The maximum absolute atomic E-state index is 12.7. The van der Waals surface area contributed by atoms with Crippen molar-refractivity contribution >= 4 is 24.0 Å². The SMILES string of the molecule is Cl.O=C(c1ccco1)N(c1ccccc1)C1CCNCC1. The first-order valence-corrected chi connectivity index (χ1v) is 6.99. The van der Waals surface area contributed by atoms with Gasteiger partial charge in [0.25, 0.3) is 5.91 Å². The Morgan fingerprint density at radius 1 is 1.10 bits per heavy atom. The zero-order valence-corrected chi connectivity index (χ0v) is 12.5. The number of nitrogens with one attached hydrogen (secondary N) is 1. The zero-order valence-electron chi connectivity index (χ0n) is 11.7. The summed E-state index contributed by atoms with van der Waals surface area (Å²) < 4.78 is 5.28. The van der Waals surface area contributed by atoms with Gasteiger partial charge in [-0.3, -0.25) is 4.79 Å². The van der Waals surface area contributed by atoms with Crippen molar-refractivity contribution < 1.29 is 9.21 Å². The number of rotatable bonds is 3. The van der Waals surface area contributed by atoms with E-state index in [1.807, 2.05) is 35.2 Å². The van der Waals surface area contributed by atoms with Gasteiger partial charge in [0.15, 0.2) is 5.76 Å². The molecule has 1 amide bonds. The molecule has 0 bridgehead atoms. The summed E-state index contributed by atoms with van der Waals surface area (Å²) in [5.41, 5.74) is 0.931. The van der Waals surface area contributed by atoms with Crippen LogP contribution < -0.4 is 10.2 Å². The van der Waals surface area contributed by atoms with Gasteiger partial charge in [0.05, 0.1) is 6.26 Å². The lowest BCUT2D eigenvalue weighted by molar-refractivity contribution is 0.0945. The minimum Gasteiger partial charge on any atom is -0.459 e. The minimum atomic E-state index is -0.0619. The molecule has 0 atom stereocenters. The summed E-state index contributed by atoms with van der Waals surface area (Å²) >= 11 is 0. The number of furan rings is 1. The first kappa shape index (κ1) is 15.6. The normalized spacial score (nSPS) is 15.2. The smallest absolute Gasteiger partial charge is 0.294 e. The Bertz CT molecular complexity index is 551. The van der Waals surface area contributed by atoms with Crippen molar-refractivity contribution in [2.75, 3.05) is 18.0 Å². The predicted molar refractivity (Wildman–Crippen MR) is 85.1 cm³/mol. The average molecular weight is 307 g/mol. The molecule has 1 aliphatic heterocycles. The van der Waals surface area contributed by atoms with Gasteiger partial charge in [-0.25, -0.2) is 0 Å². The number of halogens is 1. The Morgan fingerprint density at radius 3 is 2.43 bits per heavy atom. The van der Waals surface area contributed by atoms with Gasteiger partial charge in [0.2, 0.25) is 0 Å². The summed E-state index contributed by atoms with van der Waals surface area (Å²) in [5.74, 6) is 0.334. The maximum atomic E-state index is 12.7. The standard InChI is InChI=1S/C16H18N2O2.ClH/c19-16(15-7-4-12-20-15)18(13-5-2-1-3-6-13)14-8-10-17-11-9-14;/h1-7,12,14,17H,8-11H2;1H. The molecular formula is C16H19ClN2O2. The number of carbonyl (C=O) groups is 1. The van der Waals surface area contributed by atoms with Crippen LogP contribution in [0.15, 0.2) is 53.1 Å². The Labute approximate surface area is 130 Å². The van der Waals surface area contributed by atoms with Gasteiger partial charge < -0.3 is 14.6 Å². The van der Waals surface area contributed by atoms with E-state index in [-0.39, 0.29) is 24.4 Å². The van der Waals surface area contributed by atoms with Crippen molar-refractivity contribution in [3.63, 3.8) is 0 Å². The third-order valence-electron chi connectivity index (χ3n) is 3.66. The molecule has 0 spiro atoms. The summed E-state index contributed by atoms with van der Waals surface area (Å²) in [6.45, 7) is 1.89. The van der Waals surface area contributed by atoms with Crippen LogP contribution in [0.1, 0.15) is 23.4 Å². The second kappa shape index (κ2) is 7.29. The summed E-state index contributed by atoms with van der Waals surface area (Å²) in [5, 5.41) is 3.33. The lowest BCUT2D eigenvalue weighted by Crippen LogP contribution is -2.46. The van der Waals surface area contributed by atoms with Crippen molar-refractivity contribution in [2.24, 2.45) is 0 Å². The van der Waals surface area contributed by atoms with Gasteiger partial charge in [-0.15, -0.1) is 12.4 Å². The van der Waals surface area contributed by atoms with Crippen LogP contribution in [0.4, 0.5) is 5.69 Å². The number of hydrogen-bond acceptors (Lipinski definition) is 3. The number of piperidine rings is 1. The number of hydrogen-bond donors (Lipinski definition) is 1. The van der Waals surface area contributed by atoms with E-state index in [2.05, 4.69) is 5.32 Å². The molecule has 2 heterocycles. The van der Waals surface area contributed by atoms with Gasteiger partial charge in [-0.1, -0.05) is 18.2 Å². The number of para-hydroxylation sites is 1. The third kappa shape index (κ3) is 3.46. The highest BCUT2D eigenvalue weighted by molar-refractivity contribution is 6.04. The van der Waals surface area contributed by atoms with Gasteiger partial charge in [-0.2, -0.15) is 0 Å². The van der Waals surface area contributed by atoms with Crippen LogP contribution in [0.2, 0.25) is 0 Å². The fraction of sp³-hybridized carbons (Fsp3) is 0.312. The van der Waals surface area contributed by atoms with Crippen molar-refractivity contribution in [3.05, 3.63) is 54.5 Å². The molecule has 1 N–H and O–H groups in total. The molecule has 5 heteroatoms. The van der Waals surface area contributed by atoms with E-state index in [0.717, 1.165) is 31.6 Å². The summed E-state index contributed by atoms with van der Waals surface area (Å²) in [4.78, 5) is 14.6. The Balaban J connectivity index is 0.00000161. The average Bonchev–Trinajstić information content (AvgIpc) is 3.04. The molecule has 1 saturated heterocycles. The summed E-state index contributed by atoms with van der Waals surface area (Å²) in [7, 11) is 0. The van der Waals surface area contributed by atoms with Gasteiger partial charge in [0.1, 0.15) is 0 Å². The first-order valence-electron chi connectivity index (χ1n) is 6.99. The highest BCUT2D eigenvalue weighted by Crippen LogP contribution is 2.24. The molecular weight excluding hydrogens is 288 g/mol. The van der Waals surface area contributed by atoms with E-state index in [4.69, 9.17) is 4.42 Å². The zero-order chi connectivity index (χ0) is 13.8. The summed E-state index contributed by atoms with van der Waals surface area (Å²) in [6.07, 6.45) is 3.46. The van der Waals surface area contributed by atoms with Crippen LogP contribution in [-0.2, 0) is 0 Å². The van der Waals surface area contributed by atoms with E-state index in [1.54, 1.807) is 18.4 Å². The Kier molecular flexibility index (Phi) is 5.42. The molecule has 2 aromatic rings. The van der Waals surface area contributed by atoms with Crippen molar-refractivity contribution in [1.29, 1.82) is 0 Å². The molecule has 0 saturated carbocycles. The van der Waals surface area contributed by atoms with Crippen molar-refractivity contribution in [2.45, 2.75) is 18.9 Å². The fourth-order valence-electron chi connectivity index (χ4n) is 2.67. The van der Waals surface area contributed by atoms with Crippen LogP contribution in [0, 0.1) is 0 Å². The first-order chi connectivity index (χ1) is 9.86. The quantitative estimate of drug-likeness (QED) is 0.948. The van der Waals surface area contributed by atoms with Crippen molar-refractivity contribution in [3.8, 4) is 0 Å². The lowest BCUT2D eigenvalue weighted by Gasteiger charge is -2.34. The van der Waals surface area contributed by atoms with E-state index >= 15 is 0 Å². The lowest BCUT2D eigenvalue weighted by atomic mass is 10.0. The molecule has 0 unspecified atom stereocenters. The number of anilines is 1. The molecule has 4 nitrogen and oxygen atoms in total. The van der Waals surface area contributed by atoms with Gasteiger partial charge >= 0.3 is 0 Å². The van der Waals surface area contributed by atoms with Gasteiger partial charge in [0, 0.05) is 11.7 Å². The Hall–Kier alpha value is -1.78. The second-order valence-corrected chi connectivity index (χ2v) is 4.97. The highest BCUT2D eigenvalue weighted by Gasteiger charge is 2.28. The van der Waals surface area contributed by atoms with Crippen molar-refractivity contribution in [1.82, 2.24) is 5.32 Å². The van der Waals surface area contributed by atoms with E-state index in [9.17, 15) is 4.79 Å². The summed E-state index contributed by atoms with van der Waals surface area (Å²) in [6, 6.07) is 13.5. The van der Waals surface area contributed by atoms with Crippen LogP contribution in [0.5, 0.6) is 0 Å². The molecule has 112 valence electrons. The highest BCUT2D eigenvalue weighted by atomic mass is 35.5. The molecule has 0 aliphatic carbocycles. The van der Waals surface area contributed by atoms with E-state index in [1.165, 1.54) is 0 Å². The number of amides is 1. The molecule has 0 radical (unpaired) electrons. The fourth-order valence-corrected chi connectivity index (χ4v) is 2.67. The number of benzene rings is 1. The van der Waals surface area contributed by atoms with Crippen LogP contribution in [0.25, 0.3) is 0 Å². The molecule has 1 aromatic heterocycles. The molecule has 21 heavy (non-hydrogen) atoms. The van der Waals surface area contributed by atoms with Crippen LogP contribution in [-0.4, -0.2) is 25.0 Å². The molecule has 1 aromatic carbocycles. The molecule has 3 rings (SSSR count). The predicted octanol–water partition coefficient (Wildman–Crippen LogP) is 3.10. The largest absolute Gasteiger partial charge is 0.459 e. The van der Waals surface area contributed by atoms with Crippen LogP contribution >= 0.6 is 12.4 Å². The molecule has 1 aliphatic rings. The number of carbonyl (C=O) groups excluding carboxylic acids is 1. The minimum absolute atomic E-state index is 0. The Morgan fingerprint density at radius 2 is 1.81 bits per heavy atom. The van der Waals surface area contributed by atoms with Gasteiger partial charge in [-0.05, 0) is 50.2 Å². The third-order valence-corrected chi connectivity index (χ3v) is 3.66. The van der Waals surface area contributed by atoms with E-state index in [0.29, 0.717) is 5.76 Å². The second-order valence-electron chi connectivity index (χ2n) is 4.97.